The molecule has 0 aromatic heterocycles. The zero-order valence-corrected chi connectivity index (χ0v) is 11.5. The highest BCUT2D eigenvalue weighted by atomic mass is 32.2. The van der Waals surface area contributed by atoms with Crippen LogP contribution in [0.15, 0.2) is 28.0 Å². The number of ketones is 1. The molecule has 0 spiro atoms. The van der Waals surface area contributed by atoms with Crippen molar-refractivity contribution in [2.45, 2.75) is 29.6 Å². The Labute approximate surface area is 110 Å². The number of carbonyl (C=O) groups is 1. The normalized spacial score (nSPS) is 12.4. The highest BCUT2D eigenvalue weighted by Gasteiger charge is 2.18. The van der Waals surface area contributed by atoms with E-state index >= 15 is 0 Å². The van der Waals surface area contributed by atoms with Crippen LogP contribution in [0.5, 0.6) is 0 Å². The van der Waals surface area contributed by atoms with Crippen molar-refractivity contribution in [3.63, 3.8) is 0 Å². The van der Waals surface area contributed by atoms with Crippen LogP contribution in [0.25, 0.3) is 0 Å². The molecule has 1 aromatic carbocycles. The molecule has 0 unspecified atom stereocenters. The Morgan fingerprint density at radius 1 is 1.00 bits per heavy atom. The van der Waals surface area contributed by atoms with Gasteiger partial charge in [0.25, 0.3) is 20.2 Å². The highest BCUT2D eigenvalue weighted by molar-refractivity contribution is 7.86. The van der Waals surface area contributed by atoms with Crippen molar-refractivity contribution in [1.82, 2.24) is 0 Å². The van der Waals surface area contributed by atoms with Gasteiger partial charge >= 0.3 is 0 Å². The summed E-state index contributed by atoms with van der Waals surface area (Å²) in [5.41, 5.74) is 0.0783. The maximum absolute atomic E-state index is 11.3. The predicted molar refractivity (Wildman–Crippen MR) is 65.1 cm³/mol. The van der Waals surface area contributed by atoms with Crippen molar-refractivity contribution in [3.05, 3.63) is 23.8 Å². The minimum Gasteiger partial charge on any atom is -0.299 e. The number of Topliss-reactive ketones (excluding diaryl/α,β-unsaturated/α-hetero) is 1. The maximum atomic E-state index is 11.3. The summed E-state index contributed by atoms with van der Waals surface area (Å²) >= 11 is 0. The summed E-state index contributed by atoms with van der Waals surface area (Å²) in [4.78, 5) is 9.89. The summed E-state index contributed by atoms with van der Waals surface area (Å²) in [6.07, 6.45) is -0.000307. The van der Waals surface area contributed by atoms with E-state index in [0.29, 0.717) is 6.07 Å². The molecule has 106 valence electrons. The second-order valence-corrected chi connectivity index (χ2v) is 6.67. The van der Waals surface area contributed by atoms with Crippen molar-refractivity contribution < 1.29 is 30.7 Å². The zero-order chi connectivity index (χ0) is 14.8. The molecule has 0 heterocycles. The molecule has 0 aliphatic rings. The standard InChI is InChI=1S/C10H12O7S2/c1-2-8(11)3-7-4-9(18(12,13)14)6-10(5-7)19(15,16)17/h4-6H,2-3H2,1H3,(H,12,13,14)(H,15,16,17). The first-order chi connectivity index (χ1) is 8.54. The summed E-state index contributed by atoms with van der Waals surface area (Å²) < 4.78 is 61.9. The molecule has 0 radical (unpaired) electrons. The van der Waals surface area contributed by atoms with Gasteiger partial charge in [-0.15, -0.1) is 0 Å². The van der Waals surface area contributed by atoms with E-state index in [4.69, 9.17) is 9.11 Å². The van der Waals surface area contributed by atoms with Gasteiger partial charge in [-0.05, 0) is 23.8 Å². The first-order valence-electron chi connectivity index (χ1n) is 5.14. The van der Waals surface area contributed by atoms with Crippen LogP contribution < -0.4 is 0 Å². The Morgan fingerprint density at radius 2 is 1.42 bits per heavy atom. The molecule has 0 fully saturated rings. The molecule has 0 amide bonds. The van der Waals surface area contributed by atoms with Gasteiger partial charge in [0.2, 0.25) is 0 Å². The van der Waals surface area contributed by atoms with Gasteiger partial charge < -0.3 is 0 Å². The molecule has 0 aliphatic heterocycles. The molecule has 1 rings (SSSR count). The minimum absolute atomic E-state index is 0.0783. The van der Waals surface area contributed by atoms with Crippen LogP contribution in [0.2, 0.25) is 0 Å². The van der Waals surface area contributed by atoms with Gasteiger partial charge in [-0.3, -0.25) is 13.9 Å². The molecule has 0 saturated heterocycles. The number of benzene rings is 1. The molecule has 0 aliphatic carbocycles. The van der Waals surface area contributed by atoms with E-state index in [2.05, 4.69) is 0 Å². The fourth-order valence-electron chi connectivity index (χ4n) is 1.38. The van der Waals surface area contributed by atoms with Gasteiger partial charge in [-0.2, -0.15) is 16.8 Å². The summed E-state index contributed by atoms with van der Waals surface area (Å²) in [5.74, 6) is -0.242. The van der Waals surface area contributed by atoms with E-state index in [-0.39, 0.29) is 24.2 Å². The SMILES string of the molecule is CCC(=O)Cc1cc(S(=O)(=O)O)cc(S(=O)(=O)O)c1. The lowest BCUT2D eigenvalue weighted by Crippen LogP contribution is -2.07. The molecule has 0 bridgehead atoms. The largest absolute Gasteiger partial charge is 0.299 e. The third kappa shape index (κ3) is 4.39. The number of hydrogen-bond donors (Lipinski definition) is 2. The molecule has 9 heteroatoms. The molecule has 7 nitrogen and oxygen atoms in total. The number of rotatable bonds is 5. The van der Waals surface area contributed by atoms with Crippen LogP contribution in [0, 0.1) is 0 Å². The molecule has 2 N–H and O–H groups in total. The van der Waals surface area contributed by atoms with Crippen molar-refractivity contribution in [1.29, 1.82) is 0 Å². The van der Waals surface area contributed by atoms with Crippen LogP contribution in [-0.4, -0.2) is 31.7 Å². The monoisotopic (exact) mass is 308 g/mol. The van der Waals surface area contributed by atoms with Gasteiger partial charge in [0.15, 0.2) is 0 Å². The lowest BCUT2D eigenvalue weighted by atomic mass is 10.1. The Morgan fingerprint density at radius 3 is 1.74 bits per heavy atom. The first-order valence-corrected chi connectivity index (χ1v) is 8.02. The van der Waals surface area contributed by atoms with Gasteiger partial charge in [-0.1, -0.05) is 6.92 Å². The predicted octanol–water partition coefficient (Wildman–Crippen LogP) is 0.702. The topological polar surface area (TPSA) is 126 Å². The van der Waals surface area contributed by atoms with Crippen LogP contribution in [0.3, 0.4) is 0 Å². The Hall–Kier alpha value is -1.29. The van der Waals surface area contributed by atoms with Crippen molar-refractivity contribution in [2.75, 3.05) is 0 Å². The molecule has 0 atom stereocenters. The summed E-state index contributed by atoms with van der Waals surface area (Å²) in [5, 5.41) is 0. The van der Waals surface area contributed by atoms with E-state index in [1.165, 1.54) is 0 Å². The van der Waals surface area contributed by atoms with Crippen molar-refractivity contribution >= 4 is 26.0 Å². The van der Waals surface area contributed by atoms with E-state index in [9.17, 15) is 21.6 Å². The lowest BCUT2D eigenvalue weighted by Gasteiger charge is -2.06. The van der Waals surface area contributed by atoms with Crippen LogP contribution in [0.4, 0.5) is 0 Å². The van der Waals surface area contributed by atoms with E-state index in [0.717, 1.165) is 12.1 Å². The molecular weight excluding hydrogens is 296 g/mol. The quantitative estimate of drug-likeness (QED) is 0.767. The highest BCUT2D eigenvalue weighted by Crippen LogP contribution is 2.19. The summed E-state index contributed by atoms with van der Waals surface area (Å²) in [6, 6.07) is 2.58. The Bertz CT molecular complexity index is 651. The number of hydrogen-bond acceptors (Lipinski definition) is 5. The fraction of sp³-hybridized carbons (Fsp3) is 0.300. The van der Waals surface area contributed by atoms with E-state index < -0.39 is 30.0 Å². The minimum atomic E-state index is -4.64. The Balaban J connectivity index is 3.46. The van der Waals surface area contributed by atoms with Gasteiger partial charge in [0.1, 0.15) is 5.78 Å². The van der Waals surface area contributed by atoms with E-state index in [1.54, 1.807) is 6.92 Å². The second-order valence-electron chi connectivity index (χ2n) is 3.83. The number of carbonyl (C=O) groups excluding carboxylic acids is 1. The van der Waals surface area contributed by atoms with Gasteiger partial charge in [0, 0.05) is 12.8 Å². The maximum Gasteiger partial charge on any atom is 0.294 e. The molecule has 1 aromatic rings. The average Bonchev–Trinajstić information content (AvgIpc) is 2.26. The molecular formula is C10H12O7S2. The Kier molecular flexibility index (Phi) is 4.46. The van der Waals surface area contributed by atoms with Crippen LogP contribution >= 0.6 is 0 Å². The fourth-order valence-corrected chi connectivity index (χ4v) is 2.61. The smallest absolute Gasteiger partial charge is 0.294 e. The lowest BCUT2D eigenvalue weighted by molar-refractivity contribution is -0.118. The van der Waals surface area contributed by atoms with Gasteiger partial charge in [-0.25, -0.2) is 0 Å². The van der Waals surface area contributed by atoms with Crippen LogP contribution in [-0.2, 0) is 31.5 Å². The third-order valence-corrected chi connectivity index (χ3v) is 3.99. The van der Waals surface area contributed by atoms with E-state index in [1.807, 2.05) is 0 Å². The van der Waals surface area contributed by atoms with Gasteiger partial charge in [0.05, 0.1) is 9.79 Å². The second kappa shape index (κ2) is 5.37. The summed E-state index contributed by atoms with van der Waals surface area (Å²) in [7, 11) is -9.27. The molecule has 0 saturated carbocycles. The van der Waals surface area contributed by atoms with Crippen LogP contribution in [0.1, 0.15) is 18.9 Å². The van der Waals surface area contributed by atoms with Crippen molar-refractivity contribution in [3.8, 4) is 0 Å². The third-order valence-electron chi connectivity index (χ3n) is 2.33. The zero-order valence-electron chi connectivity index (χ0n) is 9.90. The first kappa shape index (κ1) is 15.8. The van der Waals surface area contributed by atoms with Crippen molar-refractivity contribution in [2.24, 2.45) is 0 Å². The average molecular weight is 308 g/mol. The molecule has 19 heavy (non-hydrogen) atoms. The summed E-state index contributed by atoms with van der Waals surface area (Å²) in [6.45, 7) is 1.60.